The standard InChI is InChI=1S/C13H13N5O2S/c1-6-3-4-15-13-9(6)10(14)11(21-13)12(19)16-5-8-17-7(2)18-20-8/h3-4H,5,14H2,1-2H3,(H,16,19). The molecule has 0 saturated carbocycles. The second kappa shape index (κ2) is 5.13. The molecule has 0 aliphatic carbocycles. The van der Waals surface area contributed by atoms with Gasteiger partial charge in [-0.2, -0.15) is 4.98 Å². The van der Waals surface area contributed by atoms with E-state index in [1.807, 2.05) is 13.0 Å². The lowest BCUT2D eigenvalue weighted by Gasteiger charge is -2.01. The van der Waals surface area contributed by atoms with Crippen LogP contribution in [0.5, 0.6) is 0 Å². The van der Waals surface area contributed by atoms with Crippen LogP contribution in [-0.4, -0.2) is 21.0 Å². The molecule has 3 aromatic heterocycles. The molecule has 0 bridgehead atoms. The average molecular weight is 303 g/mol. The number of pyridine rings is 1. The van der Waals surface area contributed by atoms with Crippen molar-refractivity contribution < 1.29 is 9.32 Å². The first-order chi connectivity index (χ1) is 10.1. The number of amides is 1. The normalized spacial score (nSPS) is 11.0. The quantitative estimate of drug-likeness (QED) is 0.764. The van der Waals surface area contributed by atoms with Crippen LogP contribution in [0.2, 0.25) is 0 Å². The van der Waals surface area contributed by atoms with Crippen LogP contribution in [0.15, 0.2) is 16.8 Å². The highest BCUT2D eigenvalue weighted by atomic mass is 32.1. The zero-order valence-corrected chi connectivity index (χ0v) is 12.3. The Morgan fingerprint density at radius 3 is 2.95 bits per heavy atom. The maximum absolute atomic E-state index is 12.2. The number of nitrogen functional groups attached to an aromatic ring is 1. The fraction of sp³-hybridized carbons (Fsp3) is 0.231. The van der Waals surface area contributed by atoms with Gasteiger partial charge in [-0.1, -0.05) is 5.16 Å². The summed E-state index contributed by atoms with van der Waals surface area (Å²) in [6, 6.07) is 1.87. The van der Waals surface area contributed by atoms with Crippen LogP contribution in [0.25, 0.3) is 10.2 Å². The van der Waals surface area contributed by atoms with Crippen molar-refractivity contribution >= 4 is 33.1 Å². The number of hydrogen-bond donors (Lipinski definition) is 2. The molecule has 3 N–H and O–H groups in total. The van der Waals surface area contributed by atoms with Gasteiger partial charge in [-0.15, -0.1) is 11.3 Å². The number of rotatable bonds is 3. The van der Waals surface area contributed by atoms with Crippen molar-refractivity contribution in [1.29, 1.82) is 0 Å². The van der Waals surface area contributed by atoms with Crippen molar-refractivity contribution in [1.82, 2.24) is 20.4 Å². The zero-order chi connectivity index (χ0) is 15.0. The Kier molecular flexibility index (Phi) is 3.30. The Morgan fingerprint density at radius 1 is 1.48 bits per heavy atom. The summed E-state index contributed by atoms with van der Waals surface area (Å²) in [7, 11) is 0. The van der Waals surface area contributed by atoms with Crippen molar-refractivity contribution in [2.24, 2.45) is 0 Å². The van der Waals surface area contributed by atoms with Gasteiger partial charge in [0.2, 0.25) is 5.89 Å². The number of nitrogens with one attached hydrogen (secondary N) is 1. The Labute approximate surface area is 124 Å². The molecule has 0 aliphatic heterocycles. The highest BCUT2D eigenvalue weighted by Gasteiger charge is 2.18. The number of anilines is 1. The first kappa shape index (κ1) is 13.5. The van der Waals surface area contributed by atoms with E-state index in [0.717, 1.165) is 15.8 Å². The summed E-state index contributed by atoms with van der Waals surface area (Å²) in [5.41, 5.74) is 7.53. The molecule has 0 atom stereocenters. The molecular weight excluding hydrogens is 290 g/mol. The van der Waals surface area contributed by atoms with Crippen LogP contribution in [0.1, 0.15) is 27.0 Å². The molecular formula is C13H13N5O2S. The molecule has 0 aliphatic rings. The molecule has 3 aromatic rings. The number of nitrogens with zero attached hydrogens (tertiary/aromatic N) is 3. The molecule has 1 amide bonds. The van der Waals surface area contributed by atoms with Gasteiger partial charge in [0, 0.05) is 11.6 Å². The van der Waals surface area contributed by atoms with Gasteiger partial charge in [-0.25, -0.2) is 4.98 Å². The van der Waals surface area contributed by atoms with Gasteiger partial charge in [0.15, 0.2) is 5.82 Å². The van der Waals surface area contributed by atoms with Crippen LogP contribution in [0.4, 0.5) is 5.69 Å². The van der Waals surface area contributed by atoms with Crippen LogP contribution < -0.4 is 11.1 Å². The molecule has 0 fully saturated rings. The lowest BCUT2D eigenvalue weighted by Crippen LogP contribution is -2.22. The summed E-state index contributed by atoms with van der Waals surface area (Å²) >= 11 is 1.27. The summed E-state index contributed by atoms with van der Waals surface area (Å²) in [6.45, 7) is 3.82. The first-order valence-corrected chi connectivity index (χ1v) is 7.09. The van der Waals surface area contributed by atoms with Crippen molar-refractivity contribution in [3.63, 3.8) is 0 Å². The second-order valence-electron chi connectivity index (χ2n) is 4.57. The van der Waals surface area contributed by atoms with Gasteiger partial charge in [0.1, 0.15) is 9.71 Å². The van der Waals surface area contributed by atoms with Gasteiger partial charge in [-0.05, 0) is 25.5 Å². The van der Waals surface area contributed by atoms with Crippen molar-refractivity contribution in [2.45, 2.75) is 20.4 Å². The lowest BCUT2D eigenvalue weighted by molar-refractivity contribution is 0.0951. The topological polar surface area (TPSA) is 107 Å². The Hall–Kier alpha value is -2.48. The molecule has 7 nitrogen and oxygen atoms in total. The predicted octanol–water partition coefficient (Wildman–Crippen LogP) is 1.81. The molecule has 8 heteroatoms. The number of nitrogens with two attached hydrogens (primary N) is 1. The predicted molar refractivity (Wildman–Crippen MR) is 79.0 cm³/mol. The third-order valence-corrected chi connectivity index (χ3v) is 4.13. The minimum Gasteiger partial charge on any atom is -0.397 e. The number of fused-ring (bicyclic) bond motifs is 1. The van der Waals surface area contributed by atoms with Gasteiger partial charge < -0.3 is 15.6 Å². The Balaban J connectivity index is 1.84. The Bertz CT molecular complexity index is 823. The van der Waals surface area contributed by atoms with Gasteiger partial charge >= 0.3 is 0 Å². The molecule has 0 aromatic carbocycles. The Morgan fingerprint density at radius 2 is 2.29 bits per heavy atom. The first-order valence-electron chi connectivity index (χ1n) is 6.27. The maximum Gasteiger partial charge on any atom is 0.264 e. The zero-order valence-electron chi connectivity index (χ0n) is 11.5. The molecule has 3 heterocycles. The fourth-order valence-electron chi connectivity index (χ4n) is 2.02. The summed E-state index contributed by atoms with van der Waals surface area (Å²) in [5.74, 6) is 0.612. The number of aryl methyl sites for hydroxylation is 2. The van der Waals surface area contributed by atoms with E-state index in [2.05, 4.69) is 20.4 Å². The van der Waals surface area contributed by atoms with Gasteiger partial charge in [-0.3, -0.25) is 4.79 Å². The molecule has 21 heavy (non-hydrogen) atoms. The fourth-order valence-corrected chi connectivity index (χ4v) is 3.08. The van der Waals surface area contributed by atoms with Gasteiger partial charge in [0.25, 0.3) is 5.91 Å². The molecule has 0 unspecified atom stereocenters. The van der Waals surface area contributed by atoms with Crippen LogP contribution in [-0.2, 0) is 6.54 Å². The van der Waals surface area contributed by atoms with E-state index in [-0.39, 0.29) is 12.5 Å². The number of carbonyl (C=O) groups excluding carboxylic acids is 1. The van der Waals surface area contributed by atoms with Crippen LogP contribution in [0, 0.1) is 13.8 Å². The van der Waals surface area contributed by atoms with E-state index in [0.29, 0.717) is 22.3 Å². The monoisotopic (exact) mass is 303 g/mol. The number of aromatic nitrogens is 3. The average Bonchev–Trinajstić information content (AvgIpc) is 3.01. The van der Waals surface area contributed by atoms with Crippen LogP contribution >= 0.6 is 11.3 Å². The van der Waals surface area contributed by atoms with Gasteiger partial charge in [0.05, 0.1) is 12.2 Å². The molecule has 108 valence electrons. The number of carbonyl (C=O) groups is 1. The summed E-state index contributed by atoms with van der Waals surface area (Å²) in [4.78, 5) is 21.7. The minimum atomic E-state index is -0.272. The summed E-state index contributed by atoms with van der Waals surface area (Å²) in [6.07, 6.45) is 1.70. The molecule has 0 radical (unpaired) electrons. The molecule has 0 saturated heterocycles. The van der Waals surface area contributed by atoms with Crippen molar-refractivity contribution in [3.05, 3.63) is 34.4 Å². The third-order valence-electron chi connectivity index (χ3n) is 3.01. The van der Waals surface area contributed by atoms with Crippen molar-refractivity contribution in [2.75, 3.05) is 5.73 Å². The van der Waals surface area contributed by atoms with E-state index in [1.165, 1.54) is 11.3 Å². The van der Waals surface area contributed by atoms with E-state index in [9.17, 15) is 4.79 Å². The van der Waals surface area contributed by atoms with E-state index < -0.39 is 0 Å². The van der Waals surface area contributed by atoms with E-state index >= 15 is 0 Å². The summed E-state index contributed by atoms with van der Waals surface area (Å²) < 4.78 is 4.94. The molecule has 3 rings (SSSR count). The molecule has 0 spiro atoms. The highest BCUT2D eigenvalue weighted by Crippen LogP contribution is 2.34. The number of hydrogen-bond acceptors (Lipinski definition) is 7. The SMILES string of the molecule is Cc1noc(CNC(=O)c2sc3nccc(C)c3c2N)n1. The van der Waals surface area contributed by atoms with Crippen molar-refractivity contribution in [3.8, 4) is 0 Å². The van der Waals surface area contributed by atoms with E-state index in [4.69, 9.17) is 10.3 Å². The largest absolute Gasteiger partial charge is 0.397 e. The van der Waals surface area contributed by atoms with Crippen LogP contribution in [0.3, 0.4) is 0 Å². The van der Waals surface area contributed by atoms with E-state index in [1.54, 1.807) is 13.1 Å². The minimum absolute atomic E-state index is 0.166. The highest BCUT2D eigenvalue weighted by molar-refractivity contribution is 7.21. The second-order valence-corrected chi connectivity index (χ2v) is 5.57. The summed E-state index contributed by atoms with van der Waals surface area (Å²) in [5, 5.41) is 7.21. The number of thiophene rings is 1. The smallest absolute Gasteiger partial charge is 0.264 e. The third kappa shape index (κ3) is 2.45. The lowest BCUT2D eigenvalue weighted by atomic mass is 10.2. The maximum atomic E-state index is 12.2.